The molecule has 3 nitrogen and oxygen atoms in total. The minimum Gasteiger partial charge on any atom is -0.292 e. The number of aryl methyl sites for hydroxylation is 1. The second kappa shape index (κ2) is 4.95. The smallest absolute Gasteiger partial charge is 0.259 e. The number of amides is 1. The normalized spacial score (nSPS) is 13.4. The number of carbonyl (C=O) groups is 1. The van der Waals surface area contributed by atoms with E-state index in [9.17, 15) is 4.79 Å². The predicted octanol–water partition coefficient (Wildman–Crippen LogP) is 3.75. The molecule has 1 aliphatic heterocycles. The molecule has 0 saturated carbocycles. The first kappa shape index (κ1) is 13.0. The van der Waals surface area contributed by atoms with Crippen LogP contribution in [0, 0.1) is 6.92 Å². The summed E-state index contributed by atoms with van der Waals surface area (Å²) >= 11 is 0. The summed E-state index contributed by atoms with van der Waals surface area (Å²) in [6.45, 7) is 2.76. The number of para-hydroxylation sites is 1. The number of nitrogens with zero attached hydrogens (tertiary/aromatic N) is 2. The van der Waals surface area contributed by atoms with E-state index in [2.05, 4.69) is 25.1 Å². The van der Waals surface area contributed by atoms with Crippen LogP contribution in [0.2, 0.25) is 0 Å². The first-order valence-electron chi connectivity index (χ1n) is 7.50. The average molecular weight is 288 g/mol. The molecule has 108 valence electrons. The Morgan fingerprint density at radius 1 is 1.09 bits per heavy atom. The molecular formula is C19H16N2O. The molecule has 4 rings (SSSR count). The molecule has 1 aromatic heterocycles. The molecule has 3 aromatic rings. The molecule has 2 aromatic carbocycles. The van der Waals surface area contributed by atoms with Gasteiger partial charge in [0.2, 0.25) is 0 Å². The van der Waals surface area contributed by atoms with Crippen molar-refractivity contribution in [3.63, 3.8) is 0 Å². The van der Waals surface area contributed by atoms with Gasteiger partial charge in [-0.3, -0.25) is 9.69 Å². The second-order valence-electron chi connectivity index (χ2n) is 5.69. The van der Waals surface area contributed by atoms with Crippen molar-refractivity contribution in [2.75, 3.05) is 11.4 Å². The topological polar surface area (TPSA) is 33.2 Å². The van der Waals surface area contributed by atoms with Crippen molar-refractivity contribution < 1.29 is 4.79 Å². The average Bonchev–Trinajstić information content (AvgIpc) is 2.96. The quantitative estimate of drug-likeness (QED) is 0.683. The van der Waals surface area contributed by atoms with Gasteiger partial charge in [-0.05, 0) is 42.7 Å². The zero-order valence-electron chi connectivity index (χ0n) is 12.4. The fourth-order valence-electron chi connectivity index (χ4n) is 3.07. The monoisotopic (exact) mass is 288 g/mol. The van der Waals surface area contributed by atoms with Crippen molar-refractivity contribution >= 4 is 22.6 Å². The third-order valence-corrected chi connectivity index (χ3v) is 4.23. The van der Waals surface area contributed by atoms with Gasteiger partial charge in [0.25, 0.3) is 5.91 Å². The molecule has 22 heavy (non-hydrogen) atoms. The molecule has 3 heteroatoms. The van der Waals surface area contributed by atoms with Crippen LogP contribution in [0.3, 0.4) is 0 Å². The van der Waals surface area contributed by atoms with E-state index in [1.807, 2.05) is 36.4 Å². The standard InChI is InChI=1S/C19H16N2O/c1-13-6-5-9-15-12-16-10-11-21(18(16)20-17(13)15)19(22)14-7-3-2-4-8-14/h2-9,12H,10-11H2,1H3. The summed E-state index contributed by atoms with van der Waals surface area (Å²) in [5.41, 5.74) is 3.98. The van der Waals surface area contributed by atoms with Gasteiger partial charge in [-0.25, -0.2) is 4.98 Å². The maximum atomic E-state index is 12.7. The summed E-state index contributed by atoms with van der Waals surface area (Å²) in [5.74, 6) is 0.843. The Bertz CT molecular complexity index is 871. The van der Waals surface area contributed by atoms with Gasteiger partial charge in [0.15, 0.2) is 0 Å². The van der Waals surface area contributed by atoms with Crippen LogP contribution in [0.1, 0.15) is 21.5 Å². The predicted molar refractivity (Wildman–Crippen MR) is 88.3 cm³/mol. The molecule has 0 atom stereocenters. The number of anilines is 1. The Hall–Kier alpha value is -2.68. The van der Waals surface area contributed by atoms with E-state index in [4.69, 9.17) is 4.98 Å². The summed E-state index contributed by atoms with van der Waals surface area (Å²) in [7, 11) is 0. The highest BCUT2D eigenvalue weighted by Gasteiger charge is 2.27. The zero-order valence-corrected chi connectivity index (χ0v) is 12.4. The second-order valence-corrected chi connectivity index (χ2v) is 5.69. The molecule has 1 aliphatic rings. The number of rotatable bonds is 1. The summed E-state index contributed by atoms with van der Waals surface area (Å²) < 4.78 is 0. The van der Waals surface area contributed by atoms with Crippen LogP contribution >= 0.6 is 0 Å². The van der Waals surface area contributed by atoms with Crippen LogP contribution in [-0.2, 0) is 6.42 Å². The number of carbonyl (C=O) groups excluding carboxylic acids is 1. The van der Waals surface area contributed by atoms with Crippen molar-refractivity contribution in [1.82, 2.24) is 4.98 Å². The van der Waals surface area contributed by atoms with E-state index in [0.29, 0.717) is 12.1 Å². The maximum Gasteiger partial charge on any atom is 0.259 e. The summed E-state index contributed by atoms with van der Waals surface area (Å²) in [6, 6.07) is 17.8. The Labute approximate surface area is 129 Å². The molecule has 0 radical (unpaired) electrons. The van der Waals surface area contributed by atoms with E-state index < -0.39 is 0 Å². The van der Waals surface area contributed by atoms with Crippen molar-refractivity contribution in [3.8, 4) is 0 Å². The fraction of sp³-hybridized carbons (Fsp3) is 0.158. The van der Waals surface area contributed by atoms with Crippen LogP contribution in [0.25, 0.3) is 10.9 Å². The number of hydrogen-bond acceptors (Lipinski definition) is 2. The fourth-order valence-corrected chi connectivity index (χ4v) is 3.07. The highest BCUT2D eigenvalue weighted by Crippen LogP contribution is 2.31. The molecule has 1 amide bonds. The third-order valence-electron chi connectivity index (χ3n) is 4.23. The largest absolute Gasteiger partial charge is 0.292 e. The number of fused-ring (bicyclic) bond motifs is 2. The molecule has 0 fully saturated rings. The first-order valence-corrected chi connectivity index (χ1v) is 7.50. The Balaban J connectivity index is 1.82. The zero-order chi connectivity index (χ0) is 15.1. The molecular weight excluding hydrogens is 272 g/mol. The molecule has 0 aliphatic carbocycles. The maximum absolute atomic E-state index is 12.7. The van der Waals surface area contributed by atoms with Gasteiger partial charge in [0, 0.05) is 17.5 Å². The Morgan fingerprint density at radius 2 is 1.91 bits per heavy atom. The van der Waals surface area contributed by atoms with Gasteiger partial charge in [0.05, 0.1) is 5.52 Å². The number of aromatic nitrogens is 1. The van der Waals surface area contributed by atoms with E-state index in [1.165, 1.54) is 0 Å². The number of benzene rings is 2. The van der Waals surface area contributed by atoms with Crippen LogP contribution in [-0.4, -0.2) is 17.4 Å². The van der Waals surface area contributed by atoms with Crippen molar-refractivity contribution in [1.29, 1.82) is 0 Å². The van der Waals surface area contributed by atoms with E-state index in [0.717, 1.165) is 34.3 Å². The van der Waals surface area contributed by atoms with E-state index in [1.54, 1.807) is 4.90 Å². The van der Waals surface area contributed by atoms with Gasteiger partial charge < -0.3 is 0 Å². The molecule has 0 saturated heterocycles. The van der Waals surface area contributed by atoms with Crippen molar-refractivity contribution in [2.24, 2.45) is 0 Å². The molecule has 0 spiro atoms. The summed E-state index contributed by atoms with van der Waals surface area (Å²) in [4.78, 5) is 19.3. The minimum atomic E-state index is 0.0276. The van der Waals surface area contributed by atoms with Gasteiger partial charge in [-0.2, -0.15) is 0 Å². The summed E-state index contributed by atoms with van der Waals surface area (Å²) in [6.07, 6.45) is 0.866. The molecule has 2 heterocycles. The van der Waals surface area contributed by atoms with Gasteiger partial charge >= 0.3 is 0 Å². The van der Waals surface area contributed by atoms with Crippen molar-refractivity contribution in [2.45, 2.75) is 13.3 Å². The van der Waals surface area contributed by atoms with Gasteiger partial charge in [-0.15, -0.1) is 0 Å². The molecule has 0 bridgehead atoms. The van der Waals surface area contributed by atoms with Crippen LogP contribution in [0.5, 0.6) is 0 Å². The third kappa shape index (κ3) is 1.98. The van der Waals surface area contributed by atoms with E-state index in [-0.39, 0.29) is 5.91 Å². The lowest BCUT2D eigenvalue weighted by atomic mass is 10.1. The lowest BCUT2D eigenvalue weighted by Gasteiger charge is -2.17. The Kier molecular flexibility index (Phi) is 2.93. The highest BCUT2D eigenvalue weighted by atomic mass is 16.2. The lowest BCUT2D eigenvalue weighted by Crippen LogP contribution is -2.29. The highest BCUT2D eigenvalue weighted by molar-refractivity contribution is 6.07. The lowest BCUT2D eigenvalue weighted by molar-refractivity contribution is 0.0989. The van der Waals surface area contributed by atoms with E-state index >= 15 is 0 Å². The summed E-state index contributed by atoms with van der Waals surface area (Å²) in [5, 5.41) is 1.15. The number of pyridine rings is 1. The van der Waals surface area contributed by atoms with Gasteiger partial charge in [0.1, 0.15) is 5.82 Å². The van der Waals surface area contributed by atoms with Crippen LogP contribution < -0.4 is 4.90 Å². The Morgan fingerprint density at radius 3 is 2.73 bits per heavy atom. The van der Waals surface area contributed by atoms with Gasteiger partial charge in [-0.1, -0.05) is 36.4 Å². The molecule has 0 unspecified atom stereocenters. The van der Waals surface area contributed by atoms with Crippen molar-refractivity contribution in [3.05, 3.63) is 71.3 Å². The SMILES string of the molecule is Cc1cccc2cc3c(nc12)N(C(=O)c1ccccc1)CC3. The molecule has 0 N–H and O–H groups in total. The first-order chi connectivity index (χ1) is 10.7. The number of hydrogen-bond donors (Lipinski definition) is 0. The van der Waals surface area contributed by atoms with Crippen LogP contribution in [0.4, 0.5) is 5.82 Å². The minimum absolute atomic E-state index is 0.0276. The van der Waals surface area contributed by atoms with Crippen LogP contribution in [0.15, 0.2) is 54.6 Å².